The van der Waals surface area contributed by atoms with E-state index < -0.39 is 22.9 Å². The summed E-state index contributed by atoms with van der Waals surface area (Å²) >= 11 is 0. The van der Waals surface area contributed by atoms with Gasteiger partial charge in [0, 0.05) is 35.4 Å². The van der Waals surface area contributed by atoms with Crippen molar-refractivity contribution in [2.45, 2.75) is 24.5 Å². The van der Waals surface area contributed by atoms with E-state index in [1.165, 1.54) is 18.3 Å². The van der Waals surface area contributed by atoms with Crippen LogP contribution < -0.4 is 10.5 Å². The maximum atomic E-state index is 15.0. The molecule has 146 valence electrons. The Hall–Kier alpha value is -2.74. The largest absolute Gasteiger partial charge is 0.486 e. The minimum Gasteiger partial charge on any atom is -0.486 e. The number of rotatable bonds is 1. The zero-order valence-electron chi connectivity index (χ0n) is 15.2. The molecule has 1 saturated heterocycles. The lowest BCUT2D eigenvalue weighted by molar-refractivity contribution is -0.129. The molecule has 0 saturated carbocycles. The number of nitrogens with zero attached hydrogens (tertiary/aromatic N) is 2. The summed E-state index contributed by atoms with van der Waals surface area (Å²) in [7, 11) is 0. The van der Waals surface area contributed by atoms with Crippen LogP contribution in [-0.4, -0.2) is 36.4 Å². The van der Waals surface area contributed by atoms with Crippen LogP contribution in [0.3, 0.4) is 0 Å². The third-order valence-electron chi connectivity index (χ3n) is 6.02. The Morgan fingerprint density at radius 2 is 2.11 bits per heavy atom. The highest BCUT2D eigenvalue weighted by Crippen LogP contribution is 2.55. The molecule has 3 atom stereocenters. The molecule has 3 aliphatic heterocycles. The first-order valence-corrected chi connectivity index (χ1v) is 9.13. The van der Waals surface area contributed by atoms with Gasteiger partial charge in [-0.2, -0.15) is 4.39 Å². The van der Waals surface area contributed by atoms with Crippen LogP contribution in [0.1, 0.15) is 18.9 Å². The first-order chi connectivity index (χ1) is 13.4. The van der Waals surface area contributed by atoms with Gasteiger partial charge in [0.1, 0.15) is 29.3 Å². The molecular formula is C20H19F2N3O3. The highest BCUT2D eigenvalue weighted by molar-refractivity contribution is 5.75. The van der Waals surface area contributed by atoms with Crippen LogP contribution in [0.2, 0.25) is 0 Å². The summed E-state index contributed by atoms with van der Waals surface area (Å²) < 4.78 is 46.7. The number of pyridine rings is 1. The van der Waals surface area contributed by atoms with Crippen molar-refractivity contribution in [2.24, 2.45) is 16.6 Å². The van der Waals surface area contributed by atoms with E-state index in [0.29, 0.717) is 30.9 Å². The molecule has 0 bridgehead atoms. The molecule has 1 aromatic heterocycles. The van der Waals surface area contributed by atoms with Crippen molar-refractivity contribution < 1.29 is 23.0 Å². The zero-order chi connectivity index (χ0) is 19.5. The van der Waals surface area contributed by atoms with E-state index in [-0.39, 0.29) is 29.7 Å². The van der Waals surface area contributed by atoms with Crippen LogP contribution >= 0.6 is 0 Å². The summed E-state index contributed by atoms with van der Waals surface area (Å²) in [6, 6.07) is 5.98. The Balaban J connectivity index is 1.75. The third-order valence-corrected chi connectivity index (χ3v) is 6.02. The lowest BCUT2D eigenvalue weighted by Gasteiger charge is -2.52. The molecular weight excluding hydrogens is 368 g/mol. The lowest BCUT2D eigenvalue weighted by atomic mass is 9.66. The molecule has 8 heteroatoms. The van der Waals surface area contributed by atoms with Gasteiger partial charge in [-0.1, -0.05) is 0 Å². The number of ether oxygens (including phenoxy) is 3. The quantitative estimate of drug-likeness (QED) is 0.762. The van der Waals surface area contributed by atoms with Crippen molar-refractivity contribution in [3.8, 4) is 16.9 Å². The maximum Gasteiger partial charge on any atom is 0.283 e. The number of fused-ring (bicyclic) bond motifs is 4. The fourth-order valence-corrected chi connectivity index (χ4v) is 4.56. The van der Waals surface area contributed by atoms with Gasteiger partial charge in [0.2, 0.25) is 5.95 Å². The van der Waals surface area contributed by atoms with E-state index in [2.05, 4.69) is 9.98 Å². The van der Waals surface area contributed by atoms with Crippen LogP contribution in [0.5, 0.6) is 5.75 Å². The van der Waals surface area contributed by atoms with Gasteiger partial charge in [0.05, 0.1) is 19.1 Å². The van der Waals surface area contributed by atoms with E-state index >= 15 is 0 Å². The topological polar surface area (TPSA) is 79.0 Å². The first kappa shape index (κ1) is 17.4. The van der Waals surface area contributed by atoms with Crippen molar-refractivity contribution >= 4 is 6.02 Å². The van der Waals surface area contributed by atoms with E-state index in [0.717, 1.165) is 0 Å². The highest BCUT2D eigenvalue weighted by Gasteiger charge is 2.60. The zero-order valence-corrected chi connectivity index (χ0v) is 15.2. The molecule has 4 heterocycles. The molecule has 28 heavy (non-hydrogen) atoms. The van der Waals surface area contributed by atoms with Crippen molar-refractivity contribution in [3.63, 3.8) is 0 Å². The molecule has 0 aliphatic carbocycles. The summed E-state index contributed by atoms with van der Waals surface area (Å²) in [5.41, 5.74) is 5.16. The molecule has 0 radical (unpaired) electrons. The Morgan fingerprint density at radius 1 is 1.25 bits per heavy atom. The first-order valence-electron chi connectivity index (χ1n) is 9.13. The summed E-state index contributed by atoms with van der Waals surface area (Å²) in [6.45, 7) is 3.12. The van der Waals surface area contributed by atoms with Gasteiger partial charge in [-0.25, -0.2) is 14.4 Å². The highest BCUT2D eigenvalue weighted by atomic mass is 19.1. The fourth-order valence-electron chi connectivity index (χ4n) is 4.56. The second-order valence-corrected chi connectivity index (χ2v) is 7.63. The predicted octanol–water partition coefficient (Wildman–Crippen LogP) is 2.75. The van der Waals surface area contributed by atoms with Gasteiger partial charge in [-0.15, -0.1) is 0 Å². The average molecular weight is 387 g/mol. The van der Waals surface area contributed by atoms with Crippen LogP contribution in [0.15, 0.2) is 35.5 Å². The fraction of sp³-hybridized carbons (Fsp3) is 0.400. The molecule has 1 spiro atoms. The molecule has 0 unspecified atom stereocenters. The summed E-state index contributed by atoms with van der Waals surface area (Å²) in [4.78, 5) is 8.25. The molecule has 0 amide bonds. The maximum absolute atomic E-state index is 15.0. The van der Waals surface area contributed by atoms with Crippen molar-refractivity contribution in [1.29, 1.82) is 0 Å². The number of hydrogen-bond acceptors (Lipinski definition) is 6. The molecule has 1 aromatic carbocycles. The van der Waals surface area contributed by atoms with Gasteiger partial charge < -0.3 is 19.9 Å². The summed E-state index contributed by atoms with van der Waals surface area (Å²) in [5.74, 6) is -1.15. The molecule has 2 N–H and O–H groups in total. The summed E-state index contributed by atoms with van der Waals surface area (Å²) in [5, 5.41) is 0. The van der Waals surface area contributed by atoms with E-state index in [1.54, 1.807) is 12.1 Å². The van der Waals surface area contributed by atoms with E-state index in [4.69, 9.17) is 19.9 Å². The number of amidine groups is 1. The normalized spacial score (nSPS) is 30.8. The second kappa shape index (κ2) is 5.88. The number of hydrogen-bond donors (Lipinski definition) is 1. The Kier molecular flexibility index (Phi) is 3.64. The SMILES string of the molecule is C[C@@]12CCOC[C@H]1[C@@]1(COC(N)=N1)c1cc(-c3cccnc3F)c(F)cc1O2. The predicted molar refractivity (Wildman–Crippen MR) is 96.8 cm³/mol. The number of nitrogens with two attached hydrogens (primary N) is 1. The van der Waals surface area contributed by atoms with Gasteiger partial charge in [0.15, 0.2) is 0 Å². The van der Waals surface area contributed by atoms with Gasteiger partial charge in [0.25, 0.3) is 6.02 Å². The number of benzene rings is 1. The summed E-state index contributed by atoms with van der Waals surface area (Å²) in [6.07, 6.45) is 1.95. The monoisotopic (exact) mass is 387 g/mol. The molecule has 5 rings (SSSR count). The molecule has 1 fully saturated rings. The third kappa shape index (κ3) is 2.33. The van der Waals surface area contributed by atoms with Crippen LogP contribution in [0.4, 0.5) is 8.78 Å². The molecule has 2 aromatic rings. The number of aromatic nitrogens is 1. The smallest absolute Gasteiger partial charge is 0.283 e. The Labute approximate surface area is 160 Å². The lowest BCUT2D eigenvalue weighted by Crippen LogP contribution is -2.59. The molecule has 6 nitrogen and oxygen atoms in total. The minimum atomic E-state index is -0.881. The Morgan fingerprint density at radius 3 is 2.86 bits per heavy atom. The average Bonchev–Trinajstić information content (AvgIpc) is 3.04. The van der Waals surface area contributed by atoms with Gasteiger partial charge in [-0.3, -0.25) is 0 Å². The minimum absolute atomic E-state index is 0.0687. The molecule has 3 aliphatic rings. The van der Waals surface area contributed by atoms with Crippen LogP contribution in [0.25, 0.3) is 11.1 Å². The number of aliphatic imine (C=N–C) groups is 1. The van der Waals surface area contributed by atoms with Crippen LogP contribution in [0, 0.1) is 17.7 Å². The van der Waals surface area contributed by atoms with Gasteiger partial charge >= 0.3 is 0 Å². The standard InChI is InChI=1S/C20H19F2N3O3/c1-19-4-6-26-9-16(19)20(10-27-18(23)25-20)13-7-12(14(21)8-15(13)28-19)11-3-2-5-24-17(11)22/h2-3,5,7-8,16H,4,6,9-10H2,1H3,(H2,23,25)/t16-,19-,20-/m1/s1. The van der Waals surface area contributed by atoms with Crippen molar-refractivity contribution in [1.82, 2.24) is 4.98 Å². The van der Waals surface area contributed by atoms with Crippen LogP contribution in [-0.2, 0) is 15.0 Å². The van der Waals surface area contributed by atoms with Gasteiger partial charge in [-0.05, 0) is 25.1 Å². The Bertz CT molecular complexity index is 999. The van der Waals surface area contributed by atoms with Crippen molar-refractivity contribution in [2.75, 3.05) is 19.8 Å². The van der Waals surface area contributed by atoms with E-state index in [1.807, 2.05) is 6.92 Å². The van der Waals surface area contributed by atoms with Crippen molar-refractivity contribution in [3.05, 3.63) is 47.8 Å². The second-order valence-electron chi connectivity index (χ2n) is 7.63. The number of halogens is 2. The van der Waals surface area contributed by atoms with E-state index in [9.17, 15) is 8.78 Å².